The van der Waals surface area contributed by atoms with Crippen LogP contribution >= 0.6 is 15.9 Å². The fraction of sp³-hybridized carbons (Fsp3) is 0.500. The predicted octanol–water partition coefficient (Wildman–Crippen LogP) is 4.24. The van der Waals surface area contributed by atoms with E-state index in [1.54, 1.807) is 20.8 Å². The standard InChI is InChI=1S/C16H17BrF4N2O3/c1-15(2,3)26-14(25)22-9-6-7-23(13(9)24)10-5-4-8(17)12(18)11(10)16(19,20)21/h4-5,9H,6-7H2,1-3H3,(H,22,25). The number of rotatable bonds is 2. The average molecular weight is 441 g/mol. The van der Waals surface area contributed by atoms with E-state index in [0.717, 1.165) is 17.0 Å². The first-order valence-corrected chi connectivity index (χ1v) is 8.46. The van der Waals surface area contributed by atoms with Crippen LogP contribution in [0.3, 0.4) is 0 Å². The molecule has 26 heavy (non-hydrogen) atoms. The lowest BCUT2D eigenvalue weighted by molar-refractivity contribution is -0.139. The van der Waals surface area contributed by atoms with Crippen molar-refractivity contribution in [2.24, 2.45) is 0 Å². The number of alkyl carbamates (subject to hydrolysis) is 1. The van der Waals surface area contributed by atoms with Crippen LogP contribution in [0.2, 0.25) is 0 Å². The lowest BCUT2D eigenvalue weighted by Crippen LogP contribution is -2.44. The summed E-state index contributed by atoms with van der Waals surface area (Å²) in [4.78, 5) is 25.0. The van der Waals surface area contributed by atoms with Gasteiger partial charge in [-0.15, -0.1) is 0 Å². The van der Waals surface area contributed by atoms with Crippen molar-refractivity contribution in [1.82, 2.24) is 5.32 Å². The zero-order valence-electron chi connectivity index (χ0n) is 14.2. The van der Waals surface area contributed by atoms with Crippen LogP contribution in [-0.2, 0) is 15.7 Å². The third-order valence-electron chi connectivity index (χ3n) is 3.54. The molecule has 0 bridgehead atoms. The Bertz CT molecular complexity index is 731. The Morgan fingerprint density at radius 3 is 2.46 bits per heavy atom. The molecule has 10 heteroatoms. The summed E-state index contributed by atoms with van der Waals surface area (Å²) in [6.45, 7) is 4.81. The van der Waals surface area contributed by atoms with E-state index in [1.165, 1.54) is 0 Å². The summed E-state index contributed by atoms with van der Waals surface area (Å²) in [5.41, 5.74) is -2.90. The lowest BCUT2D eigenvalue weighted by Gasteiger charge is -2.23. The highest BCUT2D eigenvalue weighted by Crippen LogP contribution is 2.41. The van der Waals surface area contributed by atoms with Gasteiger partial charge in [0.1, 0.15) is 17.2 Å². The molecule has 0 aliphatic carbocycles. The molecule has 5 nitrogen and oxygen atoms in total. The molecule has 0 aromatic heterocycles. The van der Waals surface area contributed by atoms with Crippen LogP contribution in [0.4, 0.5) is 28.0 Å². The number of amides is 2. The van der Waals surface area contributed by atoms with Gasteiger partial charge in [-0.25, -0.2) is 9.18 Å². The van der Waals surface area contributed by atoms with Gasteiger partial charge < -0.3 is 15.0 Å². The Balaban J connectivity index is 2.26. The molecule has 144 valence electrons. The van der Waals surface area contributed by atoms with Crippen LogP contribution in [0.5, 0.6) is 0 Å². The van der Waals surface area contributed by atoms with E-state index in [4.69, 9.17) is 4.74 Å². The first kappa shape index (κ1) is 20.5. The minimum absolute atomic E-state index is 0.0764. The van der Waals surface area contributed by atoms with Crippen LogP contribution < -0.4 is 10.2 Å². The van der Waals surface area contributed by atoms with Gasteiger partial charge in [0.05, 0.1) is 10.2 Å². The number of anilines is 1. The van der Waals surface area contributed by atoms with Crippen LogP contribution in [0, 0.1) is 5.82 Å². The minimum Gasteiger partial charge on any atom is -0.444 e. The molecule has 1 aliphatic rings. The highest BCUT2D eigenvalue weighted by Gasteiger charge is 2.43. The predicted molar refractivity (Wildman–Crippen MR) is 89.2 cm³/mol. The Hall–Kier alpha value is -1.84. The zero-order chi connectivity index (χ0) is 19.9. The molecule has 2 amide bonds. The van der Waals surface area contributed by atoms with Crippen molar-refractivity contribution in [3.63, 3.8) is 0 Å². The van der Waals surface area contributed by atoms with Crippen molar-refractivity contribution in [2.75, 3.05) is 11.4 Å². The van der Waals surface area contributed by atoms with E-state index in [9.17, 15) is 27.2 Å². The molecule has 1 aromatic rings. The quantitative estimate of drug-likeness (QED) is 0.699. The maximum atomic E-state index is 14.0. The summed E-state index contributed by atoms with van der Waals surface area (Å²) in [6, 6.07) is 1.07. The second-order valence-electron chi connectivity index (χ2n) is 6.73. The molecule has 1 N–H and O–H groups in total. The van der Waals surface area contributed by atoms with Gasteiger partial charge >= 0.3 is 12.3 Å². The molecule has 1 heterocycles. The molecule has 1 aromatic carbocycles. The second kappa shape index (κ2) is 7.05. The molecule has 1 saturated heterocycles. The number of ether oxygens (including phenoxy) is 1. The van der Waals surface area contributed by atoms with E-state index in [2.05, 4.69) is 21.2 Å². The number of nitrogens with one attached hydrogen (secondary N) is 1. The smallest absolute Gasteiger partial charge is 0.421 e. The normalized spacial score (nSPS) is 18.2. The number of nitrogens with zero attached hydrogens (tertiary/aromatic N) is 1. The van der Waals surface area contributed by atoms with E-state index in [1.807, 2.05) is 0 Å². The first-order chi connectivity index (χ1) is 11.8. The second-order valence-corrected chi connectivity index (χ2v) is 7.58. The summed E-state index contributed by atoms with van der Waals surface area (Å²) < 4.78 is 58.5. The maximum Gasteiger partial charge on any atom is 0.421 e. The molecular formula is C16H17BrF4N2O3. The molecule has 1 fully saturated rings. The van der Waals surface area contributed by atoms with E-state index >= 15 is 0 Å². The fourth-order valence-corrected chi connectivity index (χ4v) is 2.87. The largest absolute Gasteiger partial charge is 0.444 e. The molecule has 1 aliphatic heterocycles. The maximum absolute atomic E-state index is 14.0. The van der Waals surface area contributed by atoms with Crippen molar-refractivity contribution in [1.29, 1.82) is 0 Å². The molecule has 1 atom stereocenters. The van der Waals surface area contributed by atoms with Crippen LogP contribution in [-0.4, -0.2) is 30.2 Å². The minimum atomic E-state index is -4.99. The lowest BCUT2D eigenvalue weighted by atomic mass is 10.1. The number of hydrogen-bond donors (Lipinski definition) is 1. The van der Waals surface area contributed by atoms with Gasteiger partial charge in [0.25, 0.3) is 0 Å². The Labute approximate surface area is 155 Å². The van der Waals surface area contributed by atoms with Gasteiger partial charge in [-0.1, -0.05) is 0 Å². The van der Waals surface area contributed by atoms with E-state index < -0.39 is 46.9 Å². The molecule has 0 radical (unpaired) electrons. The molecule has 1 unspecified atom stereocenters. The van der Waals surface area contributed by atoms with Crippen LogP contribution in [0.25, 0.3) is 0 Å². The highest BCUT2D eigenvalue weighted by atomic mass is 79.9. The van der Waals surface area contributed by atoms with Gasteiger partial charge in [-0.3, -0.25) is 4.79 Å². The van der Waals surface area contributed by atoms with Gasteiger partial charge in [-0.2, -0.15) is 13.2 Å². The first-order valence-electron chi connectivity index (χ1n) is 7.67. The Kier molecular flexibility index (Phi) is 5.55. The molecule has 0 saturated carbocycles. The summed E-state index contributed by atoms with van der Waals surface area (Å²) >= 11 is 2.72. The van der Waals surface area contributed by atoms with Crippen molar-refractivity contribution in [2.45, 2.75) is 45.0 Å². The van der Waals surface area contributed by atoms with Crippen molar-refractivity contribution in [3.05, 3.63) is 28.0 Å². The summed E-state index contributed by atoms with van der Waals surface area (Å²) in [7, 11) is 0. The van der Waals surface area contributed by atoms with Gasteiger partial charge in [0.15, 0.2) is 5.82 Å². The number of carbonyl (C=O) groups is 2. The number of alkyl halides is 3. The van der Waals surface area contributed by atoms with Crippen molar-refractivity contribution < 1.29 is 31.9 Å². The number of hydrogen-bond acceptors (Lipinski definition) is 3. The van der Waals surface area contributed by atoms with Crippen LogP contribution in [0.15, 0.2) is 16.6 Å². The topological polar surface area (TPSA) is 58.6 Å². The van der Waals surface area contributed by atoms with E-state index in [0.29, 0.717) is 0 Å². The monoisotopic (exact) mass is 440 g/mol. The third-order valence-corrected chi connectivity index (χ3v) is 4.16. The number of benzene rings is 1. The fourth-order valence-electron chi connectivity index (χ4n) is 2.54. The van der Waals surface area contributed by atoms with Gasteiger partial charge in [0, 0.05) is 6.54 Å². The van der Waals surface area contributed by atoms with Crippen molar-refractivity contribution >= 4 is 33.6 Å². The van der Waals surface area contributed by atoms with Crippen LogP contribution in [0.1, 0.15) is 32.8 Å². The van der Waals surface area contributed by atoms with Gasteiger partial charge in [-0.05, 0) is 55.3 Å². The Morgan fingerprint density at radius 2 is 1.92 bits per heavy atom. The Morgan fingerprint density at radius 1 is 1.31 bits per heavy atom. The van der Waals surface area contributed by atoms with Crippen molar-refractivity contribution in [3.8, 4) is 0 Å². The third kappa shape index (κ3) is 4.46. The molecular weight excluding hydrogens is 424 g/mol. The molecule has 2 rings (SSSR count). The number of halogens is 5. The molecule has 0 spiro atoms. The SMILES string of the molecule is CC(C)(C)OC(=O)NC1CCN(c2ccc(Br)c(F)c2C(F)(F)F)C1=O. The van der Waals surface area contributed by atoms with E-state index in [-0.39, 0.29) is 17.4 Å². The highest BCUT2D eigenvalue weighted by molar-refractivity contribution is 9.10. The van der Waals surface area contributed by atoms with Gasteiger partial charge in [0.2, 0.25) is 5.91 Å². The average Bonchev–Trinajstić information content (AvgIpc) is 2.79. The summed E-state index contributed by atoms with van der Waals surface area (Å²) in [5.74, 6) is -2.26. The zero-order valence-corrected chi connectivity index (χ0v) is 15.8. The summed E-state index contributed by atoms with van der Waals surface area (Å²) in [6.07, 6.45) is -5.76. The number of carbonyl (C=O) groups excluding carboxylic acids is 2. The summed E-state index contributed by atoms with van der Waals surface area (Å²) in [5, 5.41) is 2.33.